The third kappa shape index (κ3) is 6.00. The zero-order valence-electron chi connectivity index (χ0n) is 11.0. The van der Waals surface area contributed by atoms with Gasteiger partial charge < -0.3 is 4.90 Å². The molecule has 0 bridgehead atoms. The largest absolute Gasteiger partial charge is 0.343 e. The van der Waals surface area contributed by atoms with Crippen LogP contribution in [0, 0.1) is 0 Å². The van der Waals surface area contributed by atoms with Crippen molar-refractivity contribution in [2.45, 2.75) is 57.8 Å². The molecule has 5 heteroatoms. The first-order valence-electron chi connectivity index (χ1n) is 6.95. The predicted molar refractivity (Wildman–Crippen MR) is 68.1 cm³/mol. The summed E-state index contributed by atoms with van der Waals surface area (Å²) in [5.74, 6) is -0.0535. The third-order valence-electron chi connectivity index (χ3n) is 3.38. The lowest BCUT2D eigenvalue weighted by Gasteiger charge is -2.26. The van der Waals surface area contributed by atoms with Crippen LogP contribution in [-0.2, 0) is 9.59 Å². The standard InChI is InChI=1S/C13H24N2O3/c16-12(14-18)8-4-1-2-5-9-13(17)15-10-6-3-7-11-15/h18H,1-11H2,(H,14,16). The van der Waals surface area contributed by atoms with Gasteiger partial charge in [-0.05, 0) is 32.1 Å². The Morgan fingerprint density at radius 1 is 0.944 bits per heavy atom. The van der Waals surface area contributed by atoms with Crippen molar-refractivity contribution in [2.24, 2.45) is 0 Å². The van der Waals surface area contributed by atoms with Crippen molar-refractivity contribution in [2.75, 3.05) is 13.1 Å². The van der Waals surface area contributed by atoms with E-state index in [0.29, 0.717) is 12.8 Å². The van der Waals surface area contributed by atoms with E-state index in [4.69, 9.17) is 5.21 Å². The Morgan fingerprint density at radius 2 is 1.56 bits per heavy atom. The van der Waals surface area contributed by atoms with Crippen molar-refractivity contribution in [3.05, 3.63) is 0 Å². The van der Waals surface area contributed by atoms with E-state index in [1.807, 2.05) is 4.90 Å². The predicted octanol–water partition coefficient (Wildman–Crippen LogP) is 1.84. The maximum Gasteiger partial charge on any atom is 0.243 e. The number of hydroxylamine groups is 1. The van der Waals surface area contributed by atoms with E-state index in [-0.39, 0.29) is 11.8 Å². The minimum Gasteiger partial charge on any atom is -0.343 e. The molecule has 1 fully saturated rings. The lowest BCUT2D eigenvalue weighted by molar-refractivity contribution is -0.132. The molecule has 1 heterocycles. The van der Waals surface area contributed by atoms with Crippen molar-refractivity contribution in [1.29, 1.82) is 0 Å². The van der Waals surface area contributed by atoms with E-state index in [0.717, 1.165) is 51.6 Å². The van der Waals surface area contributed by atoms with E-state index in [1.54, 1.807) is 5.48 Å². The summed E-state index contributed by atoms with van der Waals surface area (Å²) < 4.78 is 0. The molecule has 0 saturated carbocycles. The van der Waals surface area contributed by atoms with Gasteiger partial charge in [0.25, 0.3) is 0 Å². The van der Waals surface area contributed by atoms with Gasteiger partial charge in [-0.2, -0.15) is 0 Å². The highest BCUT2D eigenvalue weighted by Crippen LogP contribution is 2.12. The number of hydrogen-bond acceptors (Lipinski definition) is 3. The summed E-state index contributed by atoms with van der Waals surface area (Å²) in [6.45, 7) is 1.85. The summed E-state index contributed by atoms with van der Waals surface area (Å²) >= 11 is 0. The highest BCUT2D eigenvalue weighted by Gasteiger charge is 2.15. The molecule has 2 N–H and O–H groups in total. The van der Waals surface area contributed by atoms with Crippen LogP contribution in [0.4, 0.5) is 0 Å². The summed E-state index contributed by atoms with van der Waals surface area (Å²) in [5.41, 5.74) is 1.62. The molecule has 0 atom stereocenters. The monoisotopic (exact) mass is 256 g/mol. The summed E-state index contributed by atoms with van der Waals surface area (Å²) in [6, 6.07) is 0. The summed E-state index contributed by atoms with van der Waals surface area (Å²) in [5, 5.41) is 8.30. The molecule has 1 aliphatic heterocycles. The van der Waals surface area contributed by atoms with Gasteiger partial charge in [-0.15, -0.1) is 0 Å². The smallest absolute Gasteiger partial charge is 0.243 e. The fourth-order valence-electron chi connectivity index (χ4n) is 2.27. The first-order valence-corrected chi connectivity index (χ1v) is 6.95. The maximum atomic E-state index is 11.8. The molecule has 0 aromatic rings. The van der Waals surface area contributed by atoms with Crippen LogP contribution in [0.15, 0.2) is 0 Å². The van der Waals surface area contributed by atoms with E-state index >= 15 is 0 Å². The lowest BCUT2D eigenvalue weighted by Crippen LogP contribution is -2.35. The Balaban J connectivity index is 1.96. The van der Waals surface area contributed by atoms with Gasteiger partial charge in [0, 0.05) is 25.9 Å². The van der Waals surface area contributed by atoms with Gasteiger partial charge >= 0.3 is 0 Å². The van der Waals surface area contributed by atoms with Crippen LogP contribution in [0.2, 0.25) is 0 Å². The van der Waals surface area contributed by atoms with Crippen LogP contribution in [0.1, 0.15) is 57.8 Å². The van der Waals surface area contributed by atoms with Crippen LogP contribution in [0.3, 0.4) is 0 Å². The van der Waals surface area contributed by atoms with Crippen LogP contribution in [0.25, 0.3) is 0 Å². The molecule has 0 aromatic carbocycles. The van der Waals surface area contributed by atoms with Crippen molar-refractivity contribution >= 4 is 11.8 Å². The SMILES string of the molecule is O=C(CCCCCCC(=O)N1CCCCC1)NO. The number of amides is 2. The molecule has 18 heavy (non-hydrogen) atoms. The normalized spacial score (nSPS) is 15.5. The van der Waals surface area contributed by atoms with Crippen molar-refractivity contribution in [1.82, 2.24) is 10.4 Å². The van der Waals surface area contributed by atoms with Crippen molar-refractivity contribution in [3.63, 3.8) is 0 Å². The minimum absolute atomic E-state index is 0.280. The summed E-state index contributed by atoms with van der Waals surface area (Å²) in [4.78, 5) is 24.5. The molecular formula is C13H24N2O3. The Labute approximate surface area is 108 Å². The zero-order valence-corrected chi connectivity index (χ0v) is 11.0. The maximum absolute atomic E-state index is 11.8. The number of nitrogens with one attached hydrogen (secondary N) is 1. The molecule has 104 valence electrons. The molecular weight excluding hydrogens is 232 g/mol. The van der Waals surface area contributed by atoms with Gasteiger partial charge in [-0.1, -0.05) is 12.8 Å². The van der Waals surface area contributed by atoms with Crippen LogP contribution < -0.4 is 5.48 Å². The van der Waals surface area contributed by atoms with Gasteiger partial charge in [-0.25, -0.2) is 5.48 Å². The highest BCUT2D eigenvalue weighted by molar-refractivity contribution is 5.76. The number of nitrogens with zero attached hydrogens (tertiary/aromatic N) is 1. The summed E-state index contributed by atoms with van der Waals surface area (Å²) in [6.07, 6.45) is 8.09. The Bertz CT molecular complexity index is 263. The van der Waals surface area contributed by atoms with Crippen molar-refractivity contribution < 1.29 is 14.8 Å². The first-order chi connectivity index (χ1) is 8.74. The minimum atomic E-state index is -0.334. The molecule has 0 aliphatic carbocycles. The van der Waals surface area contributed by atoms with E-state index in [2.05, 4.69) is 0 Å². The van der Waals surface area contributed by atoms with Crippen LogP contribution in [-0.4, -0.2) is 35.0 Å². The topological polar surface area (TPSA) is 69.6 Å². The zero-order chi connectivity index (χ0) is 13.2. The van der Waals surface area contributed by atoms with Crippen LogP contribution >= 0.6 is 0 Å². The average molecular weight is 256 g/mol. The number of rotatable bonds is 7. The number of likely N-dealkylation sites (tertiary alicyclic amines) is 1. The molecule has 1 saturated heterocycles. The van der Waals surface area contributed by atoms with Gasteiger partial charge in [0.1, 0.15) is 0 Å². The molecule has 0 unspecified atom stereocenters. The van der Waals surface area contributed by atoms with Crippen LogP contribution in [0.5, 0.6) is 0 Å². The Morgan fingerprint density at radius 3 is 2.17 bits per heavy atom. The van der Waals surface area contributed by atoms with E-state index in [1.165, 1.54) is 6.42 Å². The van der Waals surface area contributed by atoms with Gasteiger partial charge in [0.2, 0.25) is 11.8 Å². The quantitative estimate of drug-likeness (QED) is 0.415. The molecule has 1 aliphatic rings. The summed E-state index contributed by atoms with van der Waals surface area (Å²) in [7, 11) is 0. The molecule has 0 radical (unpaired) electrons. The number of piperidine rings is 1. The second-order valence-corrected chi connectivity index (χ2v) is 4.89. The number of unbranched alkanes of at least 4 members (excludes halogenated alkanes) is 3. The number of hydrogen-bond donors (Lipinski definition) is 2. The lowest BCUT2D eigenvalue weighted by atomic mass is 10.1. The second kappa shape index (κ2) is 8.91. The molecule has 0 spiro atoms. The third-order valence-corrected chi connectivity index (χ3v) is 3.38. The second-order valence-electron chi connectivity index (χ2n) is 4.89. The first kappa shape index (κ1) is 15.0. The average Bonchev–Trinajstić information content (AvgIpc) is 2.43. The molecule has 1 rings (SSSR count). The van der Waals surface area contributed by atoms with Gasteiger partial charge in [-0.3, -0.25) is 14.8 Å². The molecule has 0 aromatic heterocycles. The number of carbonyl (C=O) groups is 2. The van der Waals surface area contributed by atoms with E-state index < -0.39 is 0 Å². The van der Waals surface area contributed by atoms with Gasteiger partial charge in [0.05, 0.1) is 0 Å². The van der Waals surface area contributed by atoms with E-state index in [9.17, 15) is 9.59 Å². The fraction of sp³-hybridized carbons (Fsp3) is 0.846. The fourth-order valence-corrected chi connectivity index (χ4v) is 2.27. The molecule has 5 nitrogen and oxygen atoms in total. The Kier molecular flexibility index (Phi) is 7.41. The van der Waals surface area contributed by atoms with Crippen molar-refractivity contribution in [3.8, 4) is 0 Å². The molecule has 2 amide bonds. The number of carbonyl (C=O) groups excluding carboxylic acids is 2. The Hall–Kier alpha value is -1.10. The van der Waals surface area contributed by atoms with Gasteiger partial charge in [0.15, 0.2) is 0 Å². The highest BCUT2D eigenvalue weighted by atomic mass is 16.5.